The molecule has 1 aromatic rings. The zero-order valence-corrected chi connectivity index (χ0v) is 15.1. The summed E-state index contributed by atoms with van der Waals surface area (Å²) >= 11 is 6.04. The summed E-state index contributed by atoms with van der Waals surface area (Å²) in [4.78, 5) is 38.6. The van der Waals surface area contributed by atoms with Crippen LogP contribution in [0, 0.1) is 5.92 Å². The molecule has 1 saturated carbocycles. The number of urea groups is 1. The van der Waals surface area contributed by atoms with Crippen molar-refractivity contribution in [2.45, 2.75) is 38.1 Å². The Balaban J connectivity index is 1.74. The van der Waals surface area contributed by atoms with Crippen molar-refractivity contribution < 1.29 is 19.1 Å². The van der Waals surface area contributed by atoms with E-state index in [1.807, 2.05) is 0 Å². The summed E-state index contributed by atoms with van der Waals surface area (Å²) < 4.78 is 5.06. The van der Waals surface area contributed by atoms with E-state index in [4.69, 9.17) is 16.3 Å². The molecule has 0 radical (unpaired) electrons. The smallest absolute Gasteiger partial charge is 0.325 e. The van der Waals surface area contributed by atoms with Crippen molar-refractivity contribution in [3.8, 4) is 5.75 Å². The van der Waals surface area contributed by atoms with Gasteiger partial charge < -0.3 is 10.1 Å². The number of halogens is 1. The van der Waals surface area contributed by atoms with Crippen molar-refractivity contribution in [2.24, 2.45) is 5.92 Å². The number of Topliss-reactive ketones (excluding diaryl/α,β-unsaturated/α-hetero) is 1. The quantitative estimate of drug-likeness (QED) is 0.658. The van der Waals surface area contributed by atoms with Crippen LogP contribution in [0.5, 0.6) is 5.75 Å². The minimum absolute atomic E-state index is 0.287. The second-order valence-corrected chi connectivity index (χ2v) is 7.27. The van der Waals surface area contributed by atoms with E-state index in [1.165, 1.54) is 13.2 Å². The molecule has 1 aliphatic carbocycles. The van der Waals surface area contributed by atoms with Gasteiger partial charge in [-0.2, -0.15) is 0 Å². The van der Waals surface area contributed by atoms with Crippen LogP contribution in [0.1, 0.15) is 43.0 Å². The summed E-state index contributed by atoms with van der Waals surface area (Å²) in [5.41, 5.74) is -0.494. The molecule has 0 atom stereocenters. The molecule has 2 fully saturated rings. The Morgan fingerprint density at radius 3 is 2.64 bits per heavy atom. The fraction of sp³-hybridized carbons (Fsp3) is 0.500. The Morgan fingerprint density at radius 1 is 1.36 bits per heavy atom. The van der Waals surface area contributed by atoms with E-state index in [-0.39, 0.29) is 18.2 Å². The Kier molecular flexibility index (Phi) is 4.73. The molecule has 0 unspecified atom stereocenters. The lowest BCUT2D eigenvalue weighted by molar-refractivity contribution is -0.132. The van der Waals surface area contributed by atoms with Gasteiger partial charge in [-0.1, -0.05) is 18.5 Å². The molecule has 1 spiro atoms. The van der Waals surface area contributed by atoms with Crippen LogP contribution in [-0.2, 0) is 4.79 Å². The van der Waals surface area contributed by atoms with Crippen LogP contribution in [0.4, 0.5) is 4.79 Å². The highest BCUT2D eigenvalue weighted by atomic mass is 35.5. The summed E-state index contributed by atoms with van der Waals surface area (Å²) in [6.07, 6.45) is 3.03. The lowest BCUT2D eigenvalue weighted by atomic mass is 9.77. The fourth-order valence-corrected chi connectivity index (χ4v) is 3.75. The van der Waals surface area contributed by atoms with Gasteiger partial charge in [0.25, 0.3) is 5.91 Å². The molecule has 134 valence electrons. The Morgan fingerprint density at radius 2 is 2.04 bits per heavy atom. The number of rotatable bonds is 4. The highest BCUT2D eigenvalue weighted by Gasteiger charge is 2.52. The van der Waals surface area contributed by atoms with Crippen LogP contribution in [-0.4, -0.2) is 41.8 Å². The van der Waals surface area contributed by atoms with Crippen LogP contribution >= 0.6 is 11.6 Å². The molecule has 25 heavy (non-hydrogen) atoms. The Labute approximate surface area is 151 Å². The first-order valence-corrected chi connectivity index (χ1v) is 8.75. The van der Waals surface area contributed by atoms with Gasteiger partial charge in [0, 0.05) is 5.56 Å². The number of carbonyl (C=O) groups excluding carboxylic acids is 3. The van der Waals surface area contributed by atoms with Crippen LogP contribution in [0.2, 0.25) is 5.02 Å². The van der Waals surface area contributed by atoms with Crippen molar-refractivity contribution in [3.63, 3.8) is 0 Å². The maximum absolute atomic E-state index is 12.8. The number of methoxy groups -OCH3 is 1. The summed E-state index contributed by atoms with van der Waals surface area (Å²) in [5.74, 6) is 0.377. The van der Waals surface area contributed by atoms with Crippen molar-refractivity contribution in [3.05, 3.63) is 28.8 Å². The molecule has 3 amide bonds. The summed E-state index contributed by atoms with van der Waals surface area (Å²) in [7, 11) is 1.49. The maximum atomic E-state index is 12.8. The van der Waals surface area contributed by atoms with E-state index in [0.29, 0.717) is 35.1 Å². The largest absolute Gasteiger partial charge is 0.495 e. The molecular weight excluding hydrogens is 344 g/mol. The average molecular weight is 365 g/mol. The van der Waals surface area contributed by atoms with Gasteiger partial charge in [0.2, 0.25) is 0 Å². The SMILES string of the molecule is COc1ccc(C(=O)CN2C(=O)NC3(CCC(C)CC3)C2=O)cc1Cl. The first kappa shape index (κ1) is 17.7. The van der Waals surface area contributed by atoms with E-state index in [0.717, 1.165) is 17.7 Å². The maximum Gasteiger partial charge on any atom is 0.325 e. The number of carbonyl (C=O) groups is 3. The number of benzene rings is 1. The summed E-state index contributed by atoms with van der Waals surface area (Å²) in [6, 6.07) is 4.15. The molecule has 1 aromatic carbocycles. The molecule has 1 N–H and O–H groups in total. The highest BCUT2D eigenvalue weighted by molar-refractivity contribution is 6.32. The van der Waals surface area contributed by atoms with Gasteiger partial charge in [0.05, 0.1) is 18.7 Å². The van der Waals surface area contributed by atoms with Gasteiger partial charge in [-0.3, -0.25) is 14.5 Å². The Hall–Kier alpha value is -2.08. The third kappa shape index (κ3) is 3.23. The van der Waals surface area contributed by atoms with E-state index in [2.05, 4.69) is 12.2 Å². The van der Waals surface area contributed by atoms with E-state index in [1.54, 1.807) is 12.1 Å². The molecule has 7 heteroatoms. The molecule has 3 rings (SSSR count). The molecule has 1 saturated heterocycles. The third-order valence-corrected chi connectivity index (χ3v) is 5.44. The van der Waals surface area contributed by atoms with Crippen LogP contribution in [0.25, 0.3) is 0 Å². The normalized spacial score (nSPS) is 26.0. The van der Waals surface area contributed by atoms with Crippen LogP contribution in [0.15, 0.2) is 18.2 Å². The molecule has 0 aromatic heterocycles. The lowest BCUT2D eigenvalue weighted by Gasteiger charge is -2.33. The lowest BCUT2D eigenvalue weighted by Crippen LogP contribution is -2.49. The number of imide groups is 1. The molecule has 0 bridgehead atoms. The standard InChI is InChI=1S/C18H21ClN2O4/c1-11-5-7-18(8-6-11)16(23)21(17(24)20-18)10-14(22)12-3-4-15(25-2)13(19)9-12/h3-4,9,11H,5-8,10H2,1-2H3,(H,20,24). The Bertz CT molecular complexity index is 726. The molecule has 1 heterocycles. The van der Waals surface area contributed by atoms with Gasteiger partial charge >= 0.3 is 6.03 Å². The van der Waals surface area contributed by atoms with E-state index < -0.39 is 11.6 Å². The summed E-state index contributed by atoms with van der Waals surface area (Å²) in [5, 5.41) is 3.12. The van der Waals surface area contributed by atoms with Crippen molar-refractivity contribution in [1.29, 1.82) is 0 Å². The van der Waals surface area contributed by atoms with Gasteiger partial charge in [0.15, 0.2) is 5.78 Å². The highest BCUT2D eigenvalue weighted by Crippen LogP contribution is 2.36. The van der Waals surface area contributed by atoms with E-state index >= 15 is 0 Å². The van der Waals surface area contributed by atoms with Crippen LogP contribution < -0.4 is 10.1 Å². The first-order valence-electron chi connectivity index (χ1n) is 8.37. The van der Waals surface area contributed by atoms with Gasteiger partial charge in [-0.25, -0.2) is 4.79 Å². The minimum atomic E-state index is -0.832. The topological polar surface area (TPSA) is 75.7 Å². The minimum Gasteiger partial charge on any atom is -0.495 e. The van der Waals surface area contributed by atoms with Crippen molar-refractivity contribution in [1.82, 2.24) is 10.2 Å². The predicted molar refractivity (Wildman–Crippen MR) is 92.9 cm³/mol. The van der Waals surface area contributed by atoms with Crippen LogP contribution in [0.3, 0.4) is 0 Å². The third-order valence-electron chi connectivity index (χ3n) is 5.15. The monoisotopic (exact) mass is 364 g/mol. The average Bonchev–Trinajstić information content (AvgIpc) is 2.82. The fourth-order valence-electron chi connectivity index (χ4n) is 3.49. The van der Waals surface area contributed by atoms with Gasteiger partial charge in [-0.05, 0) is 49.8 Å². The van der Waals surface area contributed by atoms with E-state index in [9.17, 15) is 14.4 Å². The number of hydrogen-bond acceptors (Lipinski definition) is 4. The number of nitrogens with one attached hydrogen (secondary N) is 1. The number of ether oxygens (including phenoxy) is 1. The van der Waals surface area contributed by atoms with Gasteiger partial charge in [-0.15, -0.1) is 0 Å². The predicted octanol–water partition coefficient (Wildman–Crippen LogP) is 3.03. The second-order valence-electron chi connectivity index (χ2n) is 6.86. The first-order chi connectivity index (χ1) is 11.9. The van der Waals surface area contributed by atoms with Gasteiger partial charge in [0.1, 0.15) is 11.3 Å². The summed E-state index contributed by atoms with van der Waals surface area (Å²) in [6.45, 7) is 1.85. The zero-order valence-electron chi connectivity index (χ0n) is 14.3. The molecule has 6 nitrogen and oxygen atoms in total. The number of ketones is 1. The molecule has 2 aliphatic rings. The number of hydrogen-bond donors (Lipinski definition) is 1. The zero-order chi connectivity index (χ0) is 18.2. The molecular formula is C18H21ClN2O4. The van der Waals surface area contributed by atoms with Crippen molar-refractivity contribution >= 4 is 29.3 Å². The second kappa shape index (κ2) is 6.67. The molecule has 1 aliphatic heterocycles. The number of amides is 3. The van der Waals surface area contributed by atoms with Crippen molar-refractivity contribution in [2.75, 3.05) is 13.7 Å². The number of nitrogens with zero attached hydrogens (tertiary/aromatic N) is 1.